The van der Waals surface area contributed by atoms with Gasteiger partial charge in [-0.1, -0.05) is 24.8 Å². The zero-order valence-corrected chi connectivity index (χ0v) is 23.8. The third-order valence-electron chi connectivity index (χ3n) is 9.46. The summed E-state index contributed by atoms with van der Waals surface area (Å²) >= 11 is 0. The summed E-state index contributed by atoms with van der Waals surface area (Å²) in [5.74, 6) is 0.218. The van der Waals surface area contributed by atoms with Gasteiger partial charge in [-0.05, 0) is 73.9 Å². The van der Waals surface area contributed by atoms with Gasteiger partial charge >= 0.3 is 6.01 Å². The summed E-state index contributed by atoms with van der Waals surface area (Å²) in [6.07, 6.45) is 6.58. The molecule has 1 saturated carbocycles. The topological polar surface area (TPSA) is 98.5 Å². The van der Waals surface area contributed by atoms with Gasteiger partial charge in [-0.3, -0.25) is 9.78 Å². The molecule has 0 radical (unpaired) electrons. The Morgan fingerprint density at radius 2 is 2.12 bits per heavy atom. The predicted octanol–water partition coefficient (Wildman–Crippen LogP) is 4.24. The highest BCUT2D eigenvalue weighted by molar-refractivity contribution is 5.92. The molecule has 7 rings (SSSR count). The summed E-state index contributed by atoms with van der Waals surface area (Å²) in [7, 11) is 2.11. The maximum atomic E-state index is 13.8. The Morgan fingerprint density at radius 3 is 2.90 bits per heavy atom. The first kappa shape index (κ1) is 26.8. The van der Waals surface area contributed by atoms with Gasteiger partial charge in [-0.25, -0.2) is 4.39 Å². The molecule has 1 amide bonds. The molecule has 2 aliphatic heterocycles. The van der Waals surface area contributed by atoms with Gasteiger partial charge in [0, 0.05) is 37.4 Å². The molecule has 4 aliphatic rings. The highest BCUT2D eigenvalue weighted by Crippen LogP contribution is 2.58. The van der Waals surface area contributed by atoms with Crippen LogP contribution >= 0.6 is 0 Å². The van der Waals surface area contributed by atoms with Crippen LogP contribution in [0.1, 0.15) is 42.7 Å². The number of carbonyl (C=O) groups excluding carboxylic acids is 1. The van der Waals surface area contributed by atoms with Crippen LogP contribution in [-0.4, -0.2) is 82.6 Å². The van der Waals surface area contributed by atoms with Crippen LogP contribution in [0.25, 0.3) is 22.2 Å². The minimum Gasteiger partial charge on any atom is -0.462 e. The molecule has 9 nitrogen and oxygen atoms in total. The lowest BCUT2D eigenvalue weighted by Crippen LogP contribution is -2.55. The van der Waals surface area contributed by atoms with E-state index in [9.17, 15) is 14.4 Å². The molecular weight excluding hydrogens is 533 g/mol. The van der Waals surface area contributed by atoms with Crippen LogP contribution in [0.5, 0.6) is 6.01 Å². The van der Waals surface area contributed by atoms with Crippen LogP contribution in [0.3, 0.4) is 0 Å². The Morgan fingerprint density at radius 1 is 1.24 bits per heavy atom. The fourth-order valence-corrected chi connectivity index (χ4v) is 7.12. The number of benzene rings is 1. The molecule has 0 N–H and O–H groups in total. The molecule has 2 saturated heterocycles. The van der Waals surface area contributed by atoms with Crippen LogP contribution in [0.2, 0.25) is 0 Å². The fraction of sp³-hybridized carbons (Fsp3) is 0.469. The maximum absolute atomic E-state index is 13.8. The van der Waals surface area contributed by atoms with Crippen LogP contribution in [0.15, 0.2) is 42.9 Å². The van der Waals surface area contributed by atoms with Gasteiger partial charge in [0.25, 0.3) is 5.91 Å². The second-order valence-electron chi connectivity index (χ2n) is 12.1. The SMILES string of the molecule is C=C(F)C(=O)N1CCN(c2nc(OC[C@@H]3CCCN3C)nc3cc(-c4cccc5c4[C@@H]4CC4C5)cnc23)C[C@@H]1CC#N. The number of aromatic nitrogens is 3. The van der Waals surface area contributed by atoms with Gasteiger partial charge < -0.3 is 19.4 Å². The Balaban J connectivity index is 1.26. The second kappa shape index (κ2) is 10.6. The average Bonchev–Trinajstić information content (AvgIpc) is 3.47. The smallest absolute Gasteiger partial charge is 0.319 e. The molecule has 216 valence electrons. The Bertz CT molecular complexity index is 1620. The normalized spacial score (nSPS) is 24.8. The first-order valence-electron chi connectivity index (χ1n) is 14.8. The molecule has 4 heterocycles. The quantitative estimate of drug-likeness (QED) is 0.391. The number of hydrogen-bond donors (Lipinski definition) is 0. The van der Waals surface area contributed by atoms with Crippen molar-refractivity contribution in [1.82, 2.24) is 24.8 Å². The number of rotatable bonds is 7. The maximum Gasteiger partial charge on any atom is 0.319 e. The van der Waals surface area contributed by atoms with Crippen molar-refractivity contribution in [3.05, 3.63) is 54.0 Å². The van der Waals surface area contributed by atoms with E-state index in [1.54, 1.807) is 0 Å². The number of pyridine rings is 1. The van der Waals surface area contributed by atoms with Crippen LogP contribution in [0, 0.1) is 17.2 Å². The molecule has 0 bridgehead atoms. The molecule has 1 aromatic carbocycles. The van der Waals surface area contributed by atoms with Crippen LogP contribution in [0.4, 0.5) is 10.2 Å². The summed E-state index contributed by atoms with van der Waals surface area (Å²) < 4.78 is 20.0. The highest BCUT2D eigenvalue weighted by atomic mass is 19.1. The van der Waals surface area contributed by atoms with Crippen molar-refractivity contribution in [2.24, 2.45) is 5.92 Å². The monoisotopic (exact) mass is 567 g/mol. The molecule has 4 atom stereocenters. The number of anilines is 1. The minimum absolute atomic E-state index is 0.0642. The number of ether oxygens (including phenoxy) is 1. The highest BCUT2D eigenvalue weighted by Gasteiger charge is 2.46. The zero-order chi connectivity index (χ0) is 29.0. The summed E-state index contributed by atoms with van der Waals surface area (Å²) in [5, 5.41) is 9.47. The Kier molecular flexibility index (Phi) is 6.77. The largest absolute Gasteiger partial charge is 0.462 e. The van der Waals surface area contributed by atoms with Crippen molar-refractivity contribution in [3.63, 3.8) is 0 Å². The predicted molar refractivity (Wildman–Crippen MR) is 157 cm³/mol. The van der Waals surface area contributed by atoms with Crippen molar-refractivity contribution in [1.29, 1.82) is 5.26 Å². The second-order valence-corrected chi connectivity index (χ2v) is 12.1. The lowest BCUT2D eigenvalue weighted by Gasteiger charge is -2.41. The first-order valence-corrected chi connectivity index (χ1v) is 14.8. The van der Waals surface area contributed by atoms with E-state index in [1.807, 2.05) is 11.1 Å². The van der Waals surface area contributed by atoms with E-state index >= 15 is 0 Å². The number of likely N-dealkylation sites (tertiary alicyclic amines) is 1. The van der Waals surface area contributed by atoms with Gasteiger partial charge in [-0.15, -0.1) is 0 Å². The van der Waals surface area contributed by atoms with Gasteiger partial charge in [0.2, 0.25) is 0 Å². The van der Waals surface area contributed by atoms with Crippen molar-refractivity contribution in [3.8, 4) is 23.2 Å². The minimum atomic E-state index is -1.02. The van der Waals surface area contributed by atoms with E-state index in [0.717, 1.165) is 37.3 Å². The zero-order valence-electron chi connectivity index (χ0n) is 23.8. The van der Waals surface area contributed by atoms with Gasteiger partial charge in [-0.2, -0.15) is 15.2 Å². The molecule has 2 aliphatic carbocycles. The third-order valence-corrected chi connectivity index (χ3v) is 9.46. The van der Waals surface area contributed by atoms with Gasteiger partial charge in [0.05, 0.1) is 24.0 Å². The van der Waals surface area contributed by atoms with E-state index in [-0.39, 0.29) is 19.0 Å². The summed E-state index contributed by atoms with van der Waals surface area (Å²) in [6, 6.07) is 10.8. The number of nitrogens with zero attached hydrogens (tertiary/aromatic N) is 7. The molecule has 3 fully saturated rings. The number of nitriles is 1. The molecule has 42 heavy (non-hydrogen) atoms. The number of hydrogen-bond acceptors (Lipinski definition) is 8. The van der Waals surface area contributed by atoms with Gasteiger partial charge in [0.1, 0.15) is 12.1 Å². The van der Waals surface area contributed by atoms with E-state index in [1.165, 1.54) is 28.0 Å². The van der Waals surface area contributed by atoms with Crippen molar-refractivity contribution < 1.29 is 13.9 Å². The van der Waals surface area contributed by atoms with Crippen molar-refractivity contribution >= 4 is 22.8 Å². The fourth-order valence-electron chi connectivity index (χ4n) is 7.12. The standard InChI is InChI=1S/C32H34FN7O2/c1-19(33)31(41)40-12-11-39(17-23(40)8-9-34)30-29-27(36-32(37-30)42-18-24-6-4-10-38(24)2)15-22(16-35-29)25-7-3-5-20-13-21-14-26(21)28(20)25/h3,5,7,15-16,21,23-24,26H,1,4,6,8,10-14,17-18H2,2H3/t21?,23-,24-,26+/m0/s1. The molecule has 2 aromatic heterocycles. The lowest BCUT2D eigenvalue weighted by molar-refractivity contribution is -0.131. The number of halogens is 1. The molecule has 10 heteroatoms. The van der Waals surface area contributed by atoms with E-state index < -0.39 is 17.8 Å². The molecule has 0 spiro atoms. The van der Waals surface area contributed by atoms with E-state index in [0.29, 0.717) is 48.5 Å². The van der Waals surface area contributed by atoms with Crippen molar-refractivity contribution in [2.45, 2.75) is 50.1 Å². The van der Waals surface area contributed by atoms with Gasteiger partial charge in [0.15, 0.2) is 11.6 Å². The number of likely N-dealkylation sites (N-methyl/N-ethyl adjacent to an activating group) is 1. The van der Waals surface area contributed by atoms with Crippen LogP contribution < -0.4 is 9.64 Å². The molecule has 3 aromatic rings. The summed E-state index contributed by atoms with van der Waals surface area (Å²) in [5.41, 5.74) is 6.45. The lowest BCUT2D eigenvalue weighted by atomic mass is 9.95. The number of fused-ring (bicyclic) bond motifs is 4. The molecular formula is C32H34FN7O2. The summed E-state index contributed by atoms with van der Waals surface area (Å²) in [6.45, 7) is 5.65. The Labute approximate surface area is 244 Å². The average molecular weight is 568 g/mol. The van der Waals surface area contributed by atoms with E-state index in [4.69, 9.17) is 19.7 Å². The third kappa shape index (κ3) is 4.75. The summed E-state index contributed by atoms with van der Waals surface area (Å²) in [4.78, 5) is 32.7. The Hall–Kier alpha value is -4.10. The number of amides is 1. The first-order chi connectivity index (χ1) is 20.4. The number of carbonyl (C=O) groups is 1. The van der Waals surface area contributed by atoms with E-state index in [2.05, 4.69) is 48.9 Å². The van der Waals surface area contributed by atoms with Crippen LogP contribution in [-0.2, 0) is 11.2 Å². The van der Waals surface area contributed by atoms with Crippen molar-refractivity contribution in [2.75, 3.05) is 44.7 Å². The number of piperazine rings is 1. The molecule has 1 unspecified atom stereocenters.